The zero-order valence-electron chi connectivity index (χ0n) is 15.3. The van der Waals surface area contributed by atoms with Crippen molar-refractivity contribution in [1.82, 2.24) is 0 Å². The molecule has 2 N–H and O–H groups in total. The molecule has 0 aromatic rings. The van der Waals surface area contributed by atoms with Crippen molar-refractivity contribution in [3.63, 3.8) is 0 Å². The van der Waals surface area contributed by atoms with E-state index in [9.17, 15) is 15.0 Å². The first kappa shape index (κ1) is 16.5. The minimum atomic E-state index is -0.817. The molecule has 24 heavy (non-hydrogen) atoms. The summed E-state index contributed by atoms with van der Waals surface area (Å²) in [6.45, 7) is 8.83. The van der Waals surface area contributed by atoms with Gasteiger partial charge in [0.15, 0.2) is 5.78 Å². The molecule has 0 aromatic carbocycles. The van der Waals surface area contributed by atoms with Gasteiger partial charge in [0.2, 0.25) is 0 Å². The van der Waals surface area contributed by atoms with Crippen LogP contribution < -0.4 is 0 Å². The van der Waals surface area contributed by atoms with Gasteiger partial charge in [-0.25, -0.2) is 0 Å². The van der Waals surface area contributed by atoms with Crippen molar-refractivity contribution in [1.29, 1.82) is 0 Å². The van der Waals surface area contributed by atoms with E-state index in [2.05, 4.69) is 33.8 Å². The quantitative estimate of drug-likeness (QED) is 0.725. The molecule has 2 saturated carbocycles. The Balaban J connectivity index is 1.85. The third-order valence-electron chi connectivity index (χ3n) is 7.45. The van der Waals surface area contributed by atoms with Gasteiger partial charge in [-0.05, 0) is 60.0 Å². The standard InChI is InChI=1S/C21H30O3/c1-11(2)18-15-6-5-13-16(22)10-21(24)7-12(3)14(19(13)21)8-20(15,4)9-17(18)23/h5,11-12,14,17,19,23-24H,6-10H2,1-4H3/b13-5-/t12-,14-,17-,19-,20-,21+/m0/s1. The Hall–Kier alpha value is -0.930. The van der Waals surface area contributed by atoms with Crippen LogP contribution in [0.3, 0.4) is 0 Å². The molecule has 0 aromatic heterocycles. The second kappa shape index (κ2) is 5.04. The highest BCUT2D eigenvalue weighted by molar-refractivity contribution is 6.00. The number of rotatable bonds is 1. The van der Waals surface area contributed by atoms with Crippen LogP contribution in [0.15, 0.2) is 22.8 Å². The monoisotopic (exact) mass is 330 g/mol. The number of fused-ring (bicyclic) bond motifs is 1. The minimum absolute atomic E-state index is 0.00311. The molecule has 4 aliphatic carbocycles. The van der Waals surface area contributed by atoms with E-state index in [0.29, 0.717) is 24.2 Å². The van der Waals surface area contributed by atoms with Gasteiger partial charge < -0.3 is 10.2 Å². The fourth-order valence-electron chi connectivity index (χ4n) is 6.62. The molecule has 3 heteroatoms. The molecule has 4 aliphatic rings. The van der Waals surface area contributed by atoms with Crippen molar-refractivity contribution in [3.8, 4) is 0 Å². The first-order valence-electron chi connectivity index (χ1n) is 9.53. The molecule has 2 fully saturated rings. The zero-order chi connectivity index (χ0) is 17.4. The topological polar surface area (TPSA) is 57.5 Å². The Bertz CT molecular complexity index is 658. The van der Waals surface area contributed by atoms with E-state index in [-0.39, 0.29) is 23.2 Å². The van der Waals surface area contributed by atoms with Crippen LogP contribution >= 0.6 is 0 Å². The van der Waals surface area contributed by atoms with Gasteiger partial charge >= 0.3 is 0 Å². The van der Waals surface area contributed by atoms with E-state index >= 15 is 0 Å². The first-order valence-corrected chi connectivity index (χ1v) is 9.53. The van der Waals surface area contributed by atoms with Crippen molar-refractivity contribution in [2.24, 2.45) is 29.1 Å². The molecule has 0 saturated heterocycles. The van der Waals surface area contributed by atoms with Crippen LogP contribution in [0.5, 0.6) is 0 Å². The Morgan fingerprint density at radius 3 is 2.62 bits per heavy atom. The Morgan fingerprint density at radius 1 is 1.25 bits per heavy atom. The first-order chi connectivity index (χ1) is 11.2. The van der Waals surface area contributed by atoms with Gasteiger partial charge in [-0.15, -0.1) is 0 Å². The predicted octanol–water partition coefficient (Wildman–Crippen LogP) is 3.41. The van der Waals surface area contributed by atoms with Gasteiger partial charge in [0.1, 0.15) is 0 Å². The molecule has 6 atom stereocenters. The number of aliphatic hydroxyl groups is 2. The zero-order valence-corrected chi connectivity index (χ0v) is 15.3. The van der Waals surface area contributed by atoms with Crippen molar-refractivity contribution in [2.75, 3.05) is 0 Å². The maximum Gasteiger partial charge on any atom is 0.161 e. The molecule has 0 heterocycles. The van der Waals surface area contributed by atoms with Crippen LogP contribution in [-0.2, 0) is 4.79 Å². The lowest BCUT2D eigenvalue weighted by Gasteiger charge is -2.37. The van der Waals surface area contributed by atoms with Crippen LogP contribution in [0.25, 0.3) is 0 Å². The van der Waals surface area contributed by atoms with Crippen molar-refractivity contribution in [3.05, 3.63) is 22.8 Å². The number of Topliss-reactive ketones (excluding diaryl/α,β-unsaturated/α-hetero) is 1. The highest BCUT2D eigenvalue weighted by atomic mass is 16.3. The normalized spacial score (nSPS) is 49.8. The number of allylic oxidation sites excluding steroid dienone is 2. The molecule has 0 radical (unpaired) electrons. The minimum Gasteiger partial charge on any atom is -0.389 e. The third-order valence-corrected chi connectivity index (χ3v) is 7.45. The summed E-state index contributed by atoms with van der Waals surface area (Å²) in [4.78, 5) is 12.5. The van der Waals surface area contributed by atoms with Crippen molar-refractivity contribution >= 4 is 5.78 Å². The molecule has 0 spiro atoms. The molecule has 3 nitrogen and oxygen atoms in total. The average molecular weight is 330 g/mol. The number of hydrogen-bond donors (Lipinski definition) is 2. The lowest BCUT2D eigenvalue weighted by atomic mass is 9.67. The van der Waals surface area contributed by atoms with Crippen LogP contribution in [0.1, 0.15) is 59.8 Å². The number of carbonyl (C=O) groups excluding carboxylic acids is 1. The summed E-state index contributed by atoms with van der Waals surface area (Å²) >= 11 is 0. The second-order valence-electron chi connectivity index (χ2n) is 9.46. The molecule has 4 rings (SSSR count). The van der Waals surface area contributed by atoms with E-state index in [1.54, 1.807) is 0 Å². The van der Waals surface area contributed by atoms with Crippen LogP contribution in [0.2, 0.25) is 0 Å². The largest absolute Gasteiger partial charge is 0.389 e. The van der Waals surface area contributed by atoms with E-state index in [0.717, 1.165) is 31.3 Å². The van der Waals surface area contributed by atoms with Crippen LogP contribution in [0, 0.1) is 29.1 Å². The van der Waals surface area contributed by atoms with E-state index in [4.69, 9.17) is 0 Å². The molecule has 0 aliphatic heterocycles. The van der Waals surface area contributed by atoms with E-state index < -0.39 is 5.60 Å². The molecular weight excluding hydrogens is 300 g/mol. The van der Waals surface area contributed by atoms with E-state index in [1.165, 1.54) is 11.1 Å². The van der Waals surface area contributed by atoms with Gasteiger partial charge in [-0.3, -0.25) is 4.79 Å². The van der Waals surface area contributed by atoms with Gasteiger partial charge in [0.25, 0.3) is 0 Å². The Morgan fingerprint density at radius 2 is 1.96 bits per heavy atom. The molecular formula is C21H30O3. The lowest BCUT2D eigenvalue weighted by molar-refractivity contribution is -0.116. The molecule has 132 valence electrons. The maximum absolute atomic E-state index is 12.5. The summed E-state index contributed by atoms with van der Waals surface area (Å²) < 4.78 is 0. The Kier molecular flexibility index (Phi) is 3.48. The highest BCUT2D eigenvalue weighted by Gasteiger charge is 2.60. The highest BCUT2D eigenvalue weighted by Crippen LogP contribution is 2.61. The third kappa shape index (κ3) is 2.07. The smallest absolute Gasteiger partial charge is 0.161 e. The van der Waals surface area contributed by atoms with Crippen LogP contribution in [-0.4, -0.2) is 27.7 Å². The summed E-state index contributed by atoms with van der Waals surface area (Å²) in [5.74, 6) is 1.26. The fourth-order valence-corrected chi connectivity index (χ4v) is 6.62. The SMILES string of the molecule is CC(C)C1=C2C/C=C3/C(=O)C[C@]4(O)C[C@H](C)[C@H](C[C@@]2(C)C[C@@H]1O)[C@H]34. The molecule has 0 amide bonds. The second-order valence-corrected chi connectivity index (χ2v) is 9.46. The van der Waals surface area contributed by atoms with Gasteiger partial charge in [-0.2, -0.15) is 0 Å². The summed E-state index contributed by atoms with van der Waals surface area (Å²) in [7, 11) is 0. The summed E-state index contributed by atoms with van der Waals surface area (Å²) in [6.07, 6.45) is 5.32. The van der Waals surface area contributed by atoms with Crippen molar-refractivity contribution in [2.45, 2.75) is 71.5 Å². The number of carbonyl (C=O) groups is 1. The lowest BCUT2D eigenvalue weighted by Crippen LogP contribution is -2.33. The number of aliphatic hydroxyl groups excluding tert-OH is 1. The van der Waals surface area contributed by atoms with Crippen molar-refractivity contribution < 1.29 is 15.0 Å². The number of ketones is 1. The van der Waals surface area contributed by atoms with E-state index in [1.807, 2.05) is 0 Å². The summed E-state index contributed by atoms with van der Waals surface area (Å²) in [5.41, 5.74) is 2.61. The molecule has 0 bridgehead atoms. The van der Waals surface area contributed by atoms with Crippen LogP contribution in [0.4, 0.5) is 0 Å². The number of hydrogen-bond acceptors (Lipinski definition) is 3. The summed E-state index contributed by atoms with van der Waals surface area (Å²) in [5, 5.41) is 21.8. The maximum atomic E-state index is 12.5. The average Bonchev–Trinajstić information content (AvgIpc) is 2.91. The van der Waals surface area contributed by atoms with Gasteiger partial charge in [0, 0.05) is 12.3 Å². The predicted molar refractivity (Wildman–Crippen MR) is 93.2 cm³/mol. The molecule has 0 unspecified atom stereocenters. The van der Waals surface area contributed by atoms with Gasteiger partial charge in [0.05, 0.1) is 11.7 Å². The Labute approximate surface area is 144 Å². The van der Waals surface area contributed by atoms with Gasteiger partial charge in [-0.1, -0.05) is 39.3 Å². The fraction of sp³-hybridized carbons (Fsp3) is 0.762. The summed E-state index contributed by atoms with van der Waals surface area (Å²) in [6, 6.07) is 0.